The summed E-state index contributed by atoms with van der Waals surface area (Å²) >= 11 is 0. The van der Waals surface area contributed by atoms with Crippen LogP contribution in [0.15, 0.2) is 36.5 Å². The van der Waals surface area contributed by atoms with Gasteiger partial charge in [0.05, 0.1) is 23.0 Å². The molecule has 1 N–H and O–H groups in total. The van der Waals surface area contributed by atoms with Crippen LogP contribution in [0.5, 0.6) is 0 Å². The molecule has 2 atom stereocenters. The van der Waals surface area contributed by atoms with Gasteiger partial charge in [0.1, 0.15) is 0 Å². The van der Waals surface area contributed by atoms with E-state index in [-0.39, 0.29) is 23.7 Å². The molecule has 2 amide bonds. The Bertz CT molecular complexity index is 762. The van der Waals surface area contributed by atoms with Gasteiger partial charge in [0, 0.05) is 24.7 Å². The molecule has 0 bridgehead atoms. The van der Waals surface area contributed by atoms with Crippen molar-refractivity contribution in [3.05, 3.63) is 36.5 Å². The van der Waals surface area contributed by atoms with Crippen molar-refractivity contribution in [2.75, 3.05) is 18.4 Å². The first-order valence-electron chi connectivity index (χ1n) is 8.17. The van der Waals surface area contributed by atoms with Gasteiger partial charge in [-0.05, 0) is 31.4 Å². The lowest BCUT2D eigenvalue weighted by atomic mass is 10.2. The van der Waals surface area contributed by atoms with Crippen molar-refractivity contribution in [3.63, 3.8) is 0 Å². The van der Waals surface area contributed by atoms with Crippen LogP contribution < -0.4 is 5.32 Å². The predicted octanol–water partition coefficient (Wildman–Crippen LogP) is 2.43. The van der Waals surface area contributed by atoms with E-state index in [1.165, 1.54) is 0 Å². The normalized spacial score (nSPS) is 23.0. The molecule has 1 saturated heterocycles. The van der Waals surface area contributed by atoms with Gasteiger partial charge in [-0.1, -0.05) is 18.2 Å². The standard InChI is InChI=1S/C18H19N3O2/c22-17(13-11-14(13)18(23)21-9-1-2-10-21)20-15-7-3-5-12-6-4-8-19-16(12)15/h3-8,13-14H,1-2,9-11H2,(H,20,22). The molecule has 5 nitrogen and oxygen atoms in total. The maximum Gasteiger partial charge on any atom is 0.228 e. The van der Waals surface area contributed by atoms with Crippen molar-refractivity contribution in [3.8, 4) is 0 Å². The molecule has 2 aromatic rings. The Labute approximate surface area is 134 Å². The first-order valence-corrected chi connectivity index (χ1v) is 8.17. The third kappa shape index (κ3) is 2.67. The lowest BCUT2D eigenvalue weighted by molar-refractivity contribution is -0.133. The number of nitrogens with one attached hydrogen (secondary N) is 1. The highest BCUT2D eigenvalue weighted by Gasteiger charge is 2.49. The van der Waals surface area contributed by atoms with Crippen LogP contribution in [-0.2, 0) is 9.59 Å². The van der Waals surface area contributed by atoms with Crippen molar-refractivity contribution < 1.29 is 9.59 Å². The fraction of sp³-hybridized carbons (Fsp3) is 0.389. The van der Waals surface area contributed by atoms with Gasteiger partial charge in [0.2, 0.25) is 11.8 Å². The minimum Gasteiger partial charge on any atom is -0.342 e. The van der Waals surface area contributed by atoms with E-state index in [0.717, 1.165) is 36.8 Å². The van der Waals surface area contributed by atoms with Crippen LogP contribution in [-0.4, -0.2) is 34.8 Å². The molecule has 118 valence electrons. The van der Waals surface area contributed by atoms with Gasteiger partial charge in [-0.2, -0.15) is 0 Å². The molecule has 2 fully saturated rings. The number of benzene rings is 1. The predicted molar refractivity (Wildman–Crippen MR) is 87.8 cm³/mol. The van der Waals surface area contributed by atoms with E-state index in [4.69, 9.17) is 0 Å². The molecular weight excluding hydrogens is 290 g/mol. The van der Waals surface area contributed by atoms with Crippen LogP contribution in [0.3, 0.4) is 0 Å². The van der Waals surface area contributed by atoms with Crippen LogP contribution in [0.4, 0.5) is 5.69 Å². The molecule has 1 aliphatic heterocycles. The van der Waals surface area contributed by atoms with Gasteiger partial charge in [0.15, 0.2) is 0 Å². The van der Waals surface area contributed by atoms with Crippen molar-refractivity contribution in [2.24, 2.45) is 11.8 Å². The van der Waals surface area contributed by atoms with E-state index < -0.39 is 0 Å². The number of amides is 2. The molecule has 1 aliphatic carbocycles. The maximum atomic E-state index is 12.4. The molecule has 1 aromatic carbocycles. The highest BCUT2D eigenvalue weighted by molar-refractivity contribution is 6.04. The monoisotopic (exact) mass is 309 g/mol. The second-order valence-electron chi connectivity index (χ2n) is 6.35. The third-order valence-electron chi connectivity index (χ3n) is 4.75. The van der Waals surface area contributed by atoms with Crippen molar-refractivity contribution in [2.45, 2.75) is 19.3 Å². The highest BCUT2D eigenvalue weighted by atomic mass is 16.2. The zero-order valence-electron chi connectivity index (χ0n) is 12.9. The summed E-state index contributed by atoms with van der Waals surface area (Å²) in [7, 11) is 0. The summed E-state index contributed by atoms with van der Waals surface area (Å²) in [5.74, 6) is -0.238. The van der Waals surface area contributed by atoms with Crippen molar-refractivity contribution >= 4 is 28.4 Å². The molecule has 0 radical (unpaired) electrons. The van der Waals surface area contributed by atoms with Crippen molar-refractivity contribution in [1.82, 2.24) is 9.88 Å². The third-order valence-corrected chi connectivity index (χ3v) is 4.75. The van der Waals surface area contributed by atoms with Gasteiger partial charge in [-0.15, -0.1) is 0 Å². The quantitative estimate of drug-likeness (QED) is 0.947. The average molecular weight is 309 g/mol. The van der Waals surface area contributed by atoms with Crippen LogP contribution >= 0.6 is 0 Å². The minimum absolute atomic E-state index is 0.0688. The Balaban J connectivity index is 1.45. The second-order valence-corrected chi connectivity index (χ2v) is 6.35. The number of hydrogen-bond acceptors (Lipinski definition) is 3. The molecular formula is C18H19N3O2. The van der Waals surface area contributed by atoms with Gasteiger partial charge in [-0.25, -0.2) is 0 Å². The number of fused-ring (bicyclic) bond motifs is 1. The first kappa shape index (κ1) is 14.2. The number of anilines is 1. The van der Waals surface area contributed by atoms with E-state index in [1.54, 1.807) is 6.20 Å². The molecule has 2 aliphatic rings. The Morgan fingerprint density at radius 2 is 1.87 bits per heavy atom. The number of nitrogens with zero attached hydrogens (tertiary/aromatic N) is 2. The summed E-state index contributed by atoms with van der Waals surface area (Å²) in [5, 5.41) is 3.94. The van der Waals surface area contributed by atoms with E-state index in [9.17, 15) is 9.59 Å². The SMILES string of the molecule is O=C(Nc1cccc2cccnc12)C1CC1C(=O)N1CCCC1. The van der Waals surface area contributed by atoms with Gasteiger partial charge in [-0.3, -0.25) is 14.6 Å². The molecule has 0 spiro atoms. The molecule has 1 saturated carbocycles. The Kier molecular flexibility index (Phi) is 3.48. The number of hydrogen-bond donors (Lipinski definition) is 1. The molecule has 1 aromatic heterocycles. The summed E-state index contributed by atoms with van der Waals surface area (Å²) in [5.41, 5.74) is 1.50. The zero-order chi connectivity index (χ0) is 15.8. The number of rotatable bonds is 3. The molecule has 5 heteroatoms. The number of carbonyl (C=O) groups is 2. The maximum absolute atomic E-state index is 12.4. The minimum atomic E-state index is -0.193. The molecule has 2 heterocycles. The average Bonchev–Trinajstić information content (AvgIpc) is 3.20. The molecule has 2 unspecified atom stereocenters. The Morgan fingerprint density at radius 1 is 1.09 bits per heavy atom. The summed E-state index contributed by atoms with van der Waals surface area (Å²) < 4.78 is 0. The van der Waals surface area contributed by atoms with Gasteiger partial charge < -0.3 is 10.2 Å². The number of para-hydroxylation sites is 1. The number of pyridine rings is 1. The van der Waals surface area contributed by atoms with Crippen LogP contribution in [0, 0.1) is 11.8 Å². The van der Waals surface area contributed by atoms with E-state index in [1.807, 2.05) is 35.2 Å². The van der Waals surface area contributed by atoms with E-state index >= 15 is 0 Å². The van der Waals surface area contributed by atoms with Crippen LogP contribution in [0.25, 0.3) is 10.9 Å². The number of aromatic nitrogens is 1. The molecule has 23 heavy (non-hydrogen) atoms. The summed E-state index contributed by atoms with van der Waals surface area (Å²) in [4.78, 5) is 31.0. The Morgan fingerprint density at radius 3 is 2.70 bits per heavy atom. The van der Waals surface area contributed by atoms with E-state index in [2.05, 4.69) is 10.3 Å². The fourth-order valence-electron chi connectivity index (χ4n) is 3.36. The van der Waals surface area contributed by atoms with Crippen molar-refractivity contribution in [1.29, 1.82) is 0 Å². The summed E-state index contributed by atoms with van der Waals surface area (Å²) in [6, 6.07) is 9.56. The van der Waals surface area contributed by atoms with Crippen LogP contribution in [0.2, 0.25) is 0 Å². The largest absolute Gasteiger partial charge is 0.342 e. The number of carbonyl (C=O) groups excluding carboxylic acids is 2. The van der Waals surface area contributed by atoms with E-state index in [0.29, 0.717) is 12.1 Å². The first-order chi connectivity index (χ1) is 11.2. The lowest BCUT2D eigenvalue weighted by Gasteiger charge is -2.15. The number of likely N-dealkylation sites (tertiary alicyclic amines) is 1. The molecule has 4 rings (SSSR count). The van der Waals surface area contributed by atoms with Gasteiger partial charge in [0.25, 0.3) is 0 Å². The highest BCUT2D eigenvalue weighted by Crippen LogP contribution is 2.41. The Hall–Kier alpha value is -2.43. The fourth-order valence-corrected chi connectivity index (χ4v) is 3.36. The lowest BCUT2D eigenvalue weighted by Crippen LogP contribution is -2.30. The van der Waals surface area contributed by atoms with Crippen LogP contribution in [0.1, 0.15) is 19.3 Å². The smallest absolute Gasteiger partial charge is 0.228 e. The van der Waals surface area contributed by atoms with Gasteiger partial charge >= 0.3 is 0 Å². The topological polar surface area (TPSA) is 62.3 Å². The summed E-state index contributed by atoms with van der Waals surface area (Å²) in [6.07, 6.45) is 4.54. The second kappa shape index (κ2) is 5.65. The summed E-state index contributed by atoms with van der Waals surface area (Å²) in [6.45, 7) is 1.69. The zero-order valence-corrected chi connectivity index (χ0v) is 12.9.